The predicted octanol–water partition coefficient (Wildman–Crippen LogP) is 0.951. The van der Waals surface area contributed by atoms with E-state index in [0.717, 1.165) is 12.8 Å². The number of carbonyl (C=O) groups excluding carboxylic acids is 1. The van der Waals surface area contributed by atoms with Crippen LogP contribution in [0.4, 0.5) is 0 Å². The van der Waals surface area contributed by atoms with Crippen LogP contribution in [-0.2, 0) is 9.53 Å². The second kappa shape index (κ2) is 5.46. The van der Waals surface area contributed by atoms with Gasteiger partial charge in [-0.15, -0.1) is 0 Å². The van der Waals surface area contributed by atoms with Crippen molar-refractivity contribution in [2.75, 3.05) is 19.8 Å². The molecule has 1 heterocycles. The molecule has 4 heteroatoms. The second-order valence-electron chi connectivity index (χ2n) is 4.83. The van der Waals surface area contributed by atoms with E-state index in [2.05, 4.69) is 6.58 Å². The van der Waals surface area contributed by atoms with E-state index < -0.39 is 5.60 Å². The van der Waals surface area contributed by atoms with E-state index in [0.29, 0.717) is 19.8 Å². The quantitative estimate of drug-likeness (QED) is 0.727. The zero-order valence-electron chi connectivity index (χ0n) is 10.1. The first-order chi connectivity index (χ1) is 7.44. The fourth-order valence-corrected chi connectivity index (χ4v) is 1.92. The molecule has 1 aliphatic rings. The van der Waals surface area contributed by atoms with E-state index in [4.69, 9.17) is 4.74 Å². The van der Waals surface area contributed by atoms with Crippen molar-refractivity contribution in [3.63, 3.8) is 0 Å². The van der Waals surface area contributed by atoms with Crippen LogP contribution < -0.4 is 0 Å². The maximum absolute atomic E-state index is 11.7. The molecule has 0 unspecified atom stereocenters. The number of nitrogens with zero attached hydrogens (tertiary/aromatic N) is 1. The maximum Gasteiger partial charge on any atom is 0.246 e. The van der Waals surface area contributed by atoms with E-state index in [1.807, 2.05) is 0 Å². The fourth-order valence-electron chi connectivity index (χ4n) is 1.92. The zero-order chi connectivity index (χ0) is 12.2. The molecule has 0 bridgehead atoms. The Labute approximate surface area is 96.9 Å². The summed E-state index contributed by atoms with van der Waals surface area (Å²) < 4.78 is 5.27. The van der Waals surface area contributed by atoms with Crippen molar-refractivity contribution >= 4 is 5.91 Å². The summed E-state index contributed by atoms with van der Waals surface area (Å²) in [7, 11) is 0. The van der Waals surface area contributed by atoms with Gasteiger partial charge in [-0.3, -0.25) is 4.79 Å². The van der Waals surface area contributed by atoms with Gasteiger partial charge in [0.15, 0.2) is 0 Å². The van der Waals surface area contributed by atoms with Gasteiger partial charge in [0, 0.05) is 25.8 Å². The summed E-state index contributed by atoms with van der Waals surface area (Å²) in [5, 5.41) is 9.80. The van der Waals surface area contributed by atoms with E-state index in [-0.39, 0.29) is 11.9 Å². The van der Waals surface area contributed by atoms with E-state index in [1.54, 1.807) is 18.7 Å². The molecular weight excluding hydrogens is 206 g/mol. The van der Waals surface area contributed by atoms with Crippen molar-refractivity contribution in [1.29, 1.82) is 0 Å². The van der Waals surface area contributed by atoms with Gasteiger partial charge in [0.25, 0.3) is 0 Å². The van der Waals surface area contributed by atoms with Crippen molar-refractivity contribution in [3.05, 3.63) is 12.7 Å². The Bertz CT molecular complexity index is 251. The molecule has 0 aromatic rings. The highest BCUT2D eigenvalue weighted by atomic mass is 16.5. The smallest absolute Gasteiger partial charge is 0.246 e. The van der Waals surface area contributed by atoms with Crippen LogP contribution in [-0.4, -0.2) is 47.3 Å². The highest BCUT2D eigenvalue weighted by Crippen LogP contribution is 2.17. The molecule has 1 amide bonds. The zero-order valence-corrected chi connectivity index (χ0v) is 10.1. The lowest BCUT2D eigenvalue weighted by atomic mass is 10.0. The maximum atomic E-state index is 11.7. The molecule has 16 heavy (non-hydrogen) atoms. The SMILES string of the molecule is C=CC(=O)N(CC(C)(C)O)C1CCOCC1. The van der Waals surface area contributed by atoms with Gasteiger partial charge in [0.2, 0.25) is 5.91 Å². The van der Waals surface area contributed by atoms with Crippen LogP contribution in [0, 0.1) is 0 Å². The van der Waals surface area contributed by atoms with Gasteiger partial charge < -0.3 is 14.7 Å². The second-order valence-corrected chi connectivity index (χ2v) is 4.83. The van der Waals surface area contributed by atoms with Crippen LogP contribution in [0.2, 0.25) is 0 Å². The first-order valence-corrected chi connectivity index (χ1v) is 5.67. The minimum Gasteiger partial charge on any atom is -0.389 e. The summed E-state index contributed by atoms with van der Waals surface area (Å²) in [6.07, 6.45) is 2.96. The van der Waals surface area contributed by atoms with Gasteiger partial charge in [-0.05, 0) is 32.8 Å². The Kier molecular flexibility index (Phi) is 4.50. The summed E-state index contributed by atoms with van der Waals surface area (Å²) in [6, 6.07) is 0.158. The molecule has 1 saturated heterocycles. The largest absolute Gasteiger partial charge is 0.389 e. The minimum absolute atomic E-state index is 0.117. The Hall–Kier alpha value is -0.870. The lowest BCUT2D eigenvalue weighted by Crippen LogP contribution is -2.49. The molecule has 1 fully saturated rings. The molecule has 1 rings (SSSR count). The van der Waals surface area contributed by atoms with Crippen molar-refractivity contribution in [1.82, 2.24) is 4.90 Å². The molecule has 92 valence electrons. The van der Waals surface area contributed by atoms with Gasteiger partial charge >= 0.3 is 0 Å². The topological polar surface area (TPSA) is 49.8 Å². The van der Waals surface area contributed by atoms with Crippen LogP contribution >= 0.6 is 0 Å². The summed E-state index contributed by atoms with van der Waals surface area (Å²) in [6.45, 7) is 8.60. The van der Waals surface area contributed by atoms with E-state index in [1.165, 1.54) is 6.08 Å². The van der Waals surface area contributed by atoms with Gasteiger partial charge in [-0.25, -0.2) is 0 Å². The minimum atomic E-state index is -0.878. The summed E-state index contributed by atoms with van der Waals surface area (Å²) in [4.78, 5) is 13.4. The normalized spacial score (nSPS) is 18.2. The van der Waals surface area contributed by atoms with Gasteiger partial charge in [0.05, 0.1) is 5.60 Å². The number of hydrogen-bond donors (Lipinski definition) is 1. The summed E-state index contributed by atoms with van der Waals surface area (Å²) >= 11 is 0. The molecule has 0 atom stereocenters. The van der Waals surface area contributed by atoms with Gasteiger partial charge in [-0.2, -0.15) is 0 Å². The molecule has 1 aliphatic heterocycles. The molecule has 0 aliphatic carbocycles. The fraction of sp³-hybridized carbons (Fsp3) is 0.750. The Morgan fingerprint density at radius 2 is 2.12 bits per heavy atom. The van der Waals surface area contributed by atoms with Crippen LogP contribution in [0.1, 0.15) is 26.7 Å². The first kappa shape index (κ1) is 13.2. The standard InChI is InChI=1S/C12H21NO3/c1-4-11(14)13(9-12(2,3)15)10-5-7-16-8-6-10/h4,10,15H,1,5-9H2,2-3H3. The van der Waals surface area contributed by atoms with Gasteiger partial charge in [0.1, 0.15) is 0 Å². The summed E-state index contributed by atoms with van der Waals surface area (Å²) in [5.74, 6) is -0.117. The Morgan fingerprint density at radius 1 is 1.56 bits per heavy atom. The number of rotatable bonds is 4. The van der Waals surface area contributed by atoms with Crippen molar-refractivity contribution < 1.29 is 14.6 Å². The van der Waals surface area contributed by atoms with Crippen molar-refractivity contribution in [2.24, 2.45) is 0 Å². The highest BCUT2D eigenvalue weighted by molar-refractivity contribution is 5.87. The van der Waals surface area contributed by atoms with Gasteiger partial charge in [-0.1, -0.05) is 6.58 Å². The number of hydrogen-bond acceptors (Lipinski definition) is 3. The lowest BCUT2D eigenvalue weighted by Gasteiger charge is -2.37. The third-order valence-corrected chi connectivity index (χ3v) is 2.65. The van der Waals surface area contributed by atoms with E-state index >= 15 is 0 Å². The third-order valence-electron chi connectivity index (χ3n) is 2.65. The number of ether oxygens (including phenoxy) is 1. The number of aliphatic hydroxyl groups is 1. The monoisotopic (exact) mass is 227 g/mol. The van der Waals surface area contributed by atoms with Crippen LogP contribution in [0.25, 0.3) is 0 Å². The number of carbonyl (C=O) groups is 1. The molecule has 0 radical (unpaired) electrons. The van der Waals surface area contributed by atoms with Crippen molar-refractivity contribution in [2.45, 2.75) is 38.3 Å². The molecule has 0 aromatic carbocycles. The summed E-state index contributed by atoms with van der Waals surface area (Å²) in [5.41, 5.74) is -0.878. The van der Waals surface area contributed by atoms with E-state index in [9.17, 15) is 9.90 Å². The lowest BCUT2D eigenvalue weighted by molar-refractivity contribution is -0.133. The molecular formula is C12H21NO3. The third kappa shape index (κ3) is 3.94. The van der Waals surface area contributed by atoms with Crippen LogP contribution in [0.3, 0.4) is 0 Å². The Morgan fingerprint density at radius 3 is 2.56 bits per heavy atom. The molecule has 4 nitrogen and oxygen atoms in total. The Balaban J connectivity index is 2.69. The highest BCUT2D eigenvalue weighted by Gasteiger charge is 2.28. The molecule has 1 N–H and O–H groups in total. The molecule has 0 saturated carbocycles. The number of amides is 1. The molecule has 0 aromatic heterocycles. The predicted molar refractivity (Wildman–Crippen MR) is 62.0 cm³/mol. The van der Waals surface area contributed by atoms with Crippen molar-refractivity contribution in [3.8, 4) is 0 Å². The molecule has 0 spiro atoms. The van der Waals surface area contributed by atoms with Crippen LogP contribution in [0.5, 0.6) is 0 Å². The first-order valence-electron chi connectivity index (χ1n) is 5.67. The average Bonchev–Trinajstić information content (AvgIpc) is 2.25. The average molecular weight is 227 g/mol. The van der Waals surface area contributed by atoms with Crippen LogP contribution in [0.15, 0.2) is 12.7 Å².